The summed E-state index contributed by atoms with van der Waals surface area (Å²) >= 11 is 1.32. The highest BCUT2D eigenvalue weighted by atomic mass is 32.2. The van der Waals surface area contributed by atoms with Gasteiger partial charge in [-0.1, -0.05) is 30.0 Å². The molecular formula is C24H23N3O5S. The summed E-state index contributed by atoms with van der Waals surface area (Å²) in [6.07, 6.45) is 4.02. The van der Waals surface area contributed by atoms with Gasteiger partial charge in [0.1, 0.15) is 5.84 Å². The van der Waals surface area contributed by atoms with E-state index in [9.17, 15) is 4.79 Å². The average Bonchev–Trinajstić information content (AvgIpc) is 3.31. The zero-order valence-electron chi connectivity index (χ0n) is 18.2. The third-order valence-corrected chi connectivity index (χ3v) is 5.64. The molecule has 0 atom stereocenters. The molecule has 0 saturated carbocycles. The number of para-hydroxylation sites is 2. The maximum atomic E-state index is 12.4. The molecular weight excluding hydrogens is 442 g/mol. The Morgan fingerprint density at radius 3 is 2.42 bits per heavy atom. The van der Waals surface area contributed by atoms with E-state index in [1.54, 1.807) is 48.9 Å². The number of rotatable bonds is 9. The number of methoxy groups -OCH3 is 2. The van der Waals surface area contributed by atoms with Gasteiger partial charge < -0.3 is 18.9 Å². The van der Waals surface area contributed by atoms with E-state index in [1.165, 1.54) is 11.8 Å². The number of carbonyl (C=O) groups excluding carboxylic acids is 1. The second kappa shape index (κ2) is 10.3. The monoisotopic (exact) mass is 465 g/mol. The average molecular weight is 466 g/mol. The lowest BCUT2D eigenvalue weighted by atomic mass is 10.1. The summed E-state index contributed by atoms with van der Waals surface area (Å²) in [5.41, 5.74) is 0.927. The predicted molar refractivity (Wildman–Crippen MR) is 128 cm³/mol. The van der Waals surface area contributed by atoms with E-state index in [1.807, 2.05) is 30.3 Å². The fourth-order valence-electron chi connectivity index (χ4n) is 3.25. The van der Waals surface area contributed by atoms with Crippen molar-refractivity contribution in [2.75, 3.05) is 27.4 Å². The van der Waals surface area contributed by atoms with Crippen LogP contribution in [0.2, 0.25) is 0 Å². The summed E-state index contributed by atoms with van der Waals surface area (Å²) in [4.78, 5) is 18.0. The largest absolute Gasteiger partial charge is 0.493 e. The predicted octanol–water partition coefficient (Wildman–Crippen LogP) is 4.33. The molecule has 0 aromatic heterocycles. The standard InChI is InChI=1S/C24H23N3O5S/c1-29-18-6-3-4-7-19(18)31-11-5-12-32-20-9-8-16(15-21(20)30-2)14-17-22(25)27-10-13-33-24(27)26-23(17)28/h3-4,6-10,13-15,25H,5,11-12H2,1-2H3/b17-14-,25-22?. The van der Waals surface area contributed by atoms with Gasteiger partial charge in [0.25, 0.3) is 5.91 Å². The second-order valence-electron chi connectivity index (χ2n) is 6.99. The molecule has 2 aliphatic rings. The van der Waals surface area contributed by atoms with E-state index >= 15 is 0 Å². The van der Waals surface area contributed by atoms with Crippen LogP contribution in [-0.2, 0) is 4.79 Å². The number of amides is 1. The fraction of sp³-hybridized carbons (Fsp3) is 0.208. The van der Waals surface area contributed by atoms with Crippen molar-refractivity contribution in [3.05, 3.63) is 65.2 Å². The van der Waals surface area contributed by atoms with Crippen molar-refractivity contribution in [3.63, 3.8) is 0 Å². The minimum absolute atomic E-state index is 0.0978. The van der Waals surface area contributed by atoms with Crippen LogP contribution in [0.1, 0.15) is 12.0 Å². The van der Waals surface area contributed by atoms with Crippen molar-refractivity contribution in [1.82, 2.24) is 4.90 Å². The fourth-order valence-corrected chi connectivity index (χ4v) is 3.96. The number of nitrogens with zero attached hydrogens (tertiary/aromatic N) is 2. The Balaban J connectivity index is 1.37. The van der Waals surface area contributed by atoms with Crippen molar-refractivity contribution in [2.45, 2.75) is 6.42 Å². The molecule has 170 valence electrons. The molecule has 33 heavy (non-hydrogen) atoms. The number of ether oxygens (including phenoxy) is 4. The Bertz CT molecular complexity index is 1160. The lowest BCUT2D eigenvalue weighted by molar-refractivity contribution is -0.114. The first-order valence-electron chi connectivity index (χ1n) is 10.2. The smallest absolute Gasteiger partial charge is 0.283 e. The first-order chi connectivity index (χ1) is 16.1. The molecule has 2 aromatic carbocycles. The molecule has 8 nitrogen and oxygen atoms in total. The summed E-state index contributed by atoms with van der Waals surface area (Å²) in [7, 11) is 3.16. The second-order valence-corrected chi connectivity index (χ2v) is 7.86. The third kappa shape index (κ3) is 5.04. The normalized spacial score (nSPS) is 16.0. The first kappa shape index (κ1) is 22.5. The van der Waals surface area contributed by atoms with Gasteiger partial charge in [0, 0.05) is 12.6 Å². The Morgan fingerprint density at radius 1 is 1.00 bits per heavy atom. The molecule has 0 saturated heterocycles. The number of thioether (sulfide) groups is 1. The summed E-state index contributed by atoms with van der Waals surface area (Å²) < 4.78 is 22.4. The van der Waals surface area contributed by atoms with Crippen LogP contribution in [0.15, 0.2) is 64.6 Å². The van der Waals surface area contributed by atoms with Crippen LogP contribution in [0.4, 0.5) is 0 Å². The van der Waals surface area contributed by atoms with Crippen LogP contribution in [-0.4, -0.2) is 49.2 Å². The quantitative estimate of drug-likeness (QED) is 0.435. The molecule has 2 heterocycles. The first-order valence-corrected chi connectivity index (χ1v) is 11.1. The van der Waals surface area contributed by atoms with Gasteiger partial charge in [0.15, 0.2) is 28.2 Å². The molecule has 1 N–H and O–H groups in total. The topological polar surface area (TPSA) is 93.4 Å². The van der Waals surface area contributed by atoms with E-state index in [0.29, 0.717) is 53.4 Å². The number of nitrogens with one attached hydrogen (secondary N) is 1. The third-order valence-electron chi connectivity index (χ3n) is 4.88. The summed E-state index contributed by atoms with van der Waals surface area (Å²) in [6.45, 7) is 0.911. The van der Waals surface area contributed by atoms with E-state index in [0.717, 1.165) is 0 Å². The Kier molecular flexibility index (Phi) is 6.99. The van der Waals surface area contributed by atoms with E-state index in [-0.39, 0.29) is 11.4 Å². The Labute approximate surface area is 196 Å². The molecule has 0 aliphatic carbocycles. The lowest BCUT2D eigenvalue weighted by Gasteiger charge is -2.22. The van der Waals surface area contributed by atoms with Crippen LogP contribution in [0.5, 0.6) is 23.0 Å². The van der Waals surface area contributed by atoms with E-state index in [4.69, 9.17) is 24.4 Å². The van der Waals surface area contributed by atoms with Crippen LogP contribution < -0.4 is 18.9 Å². The van der Waals surface area contributed by atoms with Gasteiger partial charge in [-0.05, 0) is 41.3 Å². The number of hydrogen-bond donors (Lipinski definition) is 1. The summed E-state index contributed by atoms with van der Waals surface area (Å²) in [5.74, 6) is 2.16. The molecule has 1 amide bonds. The van der Waals surface area contributed by atoms with Crippen molar-refractivity contribution in [1.29, 1.82) is 5.41 Å². The van der Waals surface area contributed by atoms with Crippen LogP contribution in [0, 0.1) is 5.41 Å². The van der Waals surface area contributed by atoms with Gasteiger partial charge in [-0.15, -0.1) is 0 Å². The maximum Gasteiger partial charge on any atom is 0.283 e. The van der Waals surface area contributed by atoms with Crippen molar-refractivity contribution in [2.24, 2.45) is 4.99 Å². The number of amidine groups is 2. The molecule has 2 aliphatic heterocycles. The molecule has 0 radical (unpaired) electrons. The van der Waals surface area contributed by atoms with Gasteiger partial charge in [0.2, 0.25) is 0 Å². The van der Waals surface area contributed by atoms with Gasteiger partial charge in [0.05, 0.1) is 33.0 Å². The SMILES string of the molecule is COc1ccccc1OCCCOc1ccc(/C=C2/C(=N)N3C=CSC3=NC2=O)cc1OC. The highest BCUT2D eigenvalue weighted by Gasteiger charge is 2.31. The summed E-state index contributed by atoms with van der Waals surface area (Å²) in [6, 6.07) is 12.8. The number of benzene rings is 2. The molecule has 9 heteroatoms. The summed E-state index contributed by atoms with van der Waals surface area (Å²) in [5, 5.41) is 10.6. The molecule has 4 rings (SSSR count). The van der Waals surface area contributed by atoms with Crippen molar-refractivity contribution < 1.29 is 23.7 Å². The van der Waals surface area contributed by atoms with Crippen molar-refractivity contribution >= 4 is 34.7 Å². The lowest BCUT2D eigenvalue weighted by Crippen LogP contribution is -2.35. The maximum absolute atomic E-state index is 12.4. The molecule has 0 spiro atoms. The molecule has 0 bridgehead atoms. The minimum Gasteiger partial charge on any atom is -0.493 e. The molecule has 0 fully saturated rings. The highest BCUT2D eigenvalue weighted by Crippen LogP contribution is 2.31. The van der Waals surface area contributed by atoms with Gasteiger partial charge in [-0.2, -0.15) is 4.99 Å². The van der Waals surface area contributed by atoms with Gasteiger partial charge in [-0.25, -0.2) is 0 Å². The Hall–Kier alpha value is -3.72. The van der Waals surface area contributed by atoms with Gasteiger partial charge in [-0.3, -0.25) is 15.1 Å². The van der Waals surface area contributed by atoms with E-state index < -0.39 is 5.91 Å². The van der Waals surface area contributed by atoms with Crippen molar-refractivity contribution in [3.8, 4) is 23.0 Å². The molecule has 2 aromatic rings. The number of fused-ring (bicyclic) bond motifs is 1. The van der Waals surface area contributed by atoms with Crippen LogP contribution in [0.25, 0.3) is 6.08 Å². The minimum atomic E-state index is -0.434. The van der Waals surface area contributed by atoms with Crippen LogP contribution >= 0.6 is 11.8 Å². The Morgan fingerprint density at radius 2 is 1.70 bits per heavy atom. The number of hydrogen-bond acceptors (Lipinski definition) is 7. The van der Waals surface area contributed by atoms with E-state index in [2.05, 4.69) is 4.99 Å². The number of aliphatic imine (C=N–C) groups is 1. The molecule has 0 unspecified atom stereocenters. The van der Waals surface area contributed by atoms with Crippen LogP contribution in [0.3, 0.4) is 0 Å². The highest BCUT2D eigenvalue weighted by molar-refractivity contribution is 8.16. The zero-order chi connectivity index (χ0) is 23.2. The zero-order valence-corrected chi connectivity index (χ0v) is 19.1. The number of carbonyl (C=O) groups is 1. The van der Waals surface area contributed by atoms with Gasteiger partial charge >= 0.3 is 0 Å².